The topological polar surface area (TPSA) is 20.2 Å². The molecule has 1 saturated carbocycles. The minimum atomic E-state index is -0.553. The highest BCUT2D eigenvalue weighted by atomic mass is 16.3. The molecule has 13 heavy (non-hydrogen) atoms. The smallest absolute Gasteiger partial charge is 0.0659 e. The molecule has 0 aromatic carbocycles. The first-order chi connectivity index (χ1) is 5.84. The van der Waals surface area contributed by atoms with Crippen LogP contribution < -0.4 is 0 Å². The number of rotatable bonds is 1. The summed E-state index contributed by atoms with van der Waals surface area (Å²) in [6.07, 6.45) is 2.41. The van der Waals surface area contributed by atoms with Crippen molar-refractivity contribution in [3.63, 3.8) is 0 Å². The van der Waals surface area contributed by atoms with Gasteiger partial charge in [0.15, 0.2) is 0 Å². The van der Waals surface area contributed by atoms with Crippen LogP contribution in [0.2, 0.25) is 0 Å². The maximum atomic E-state index is 10.1. The average molecular weight is 182 g/mol. The SMILES string of the molecule is CC(C)=C1CCC(C)C1C(C)(C)O. The van der Waals surface area contributed by atoms with Crippen molar-refractivity contribution in [1.82, 2.24) is 0 Å². The molecule has 0 bridgehead atoms. The van der Waals surface area contributed by atoms with E-state index in [1.807, 2.05) is 13.8 Å². The van der Waals surface area contributed by atoms with Gasteiger partial charge in [-0.05, 0) is 46.5 Å². The molecule has 1 fully saturated rings. The van der Waals surface area contributed by atoms with Crippen molar-refractivity contribution in [2.45, 2.75) is 53.1 Å². The first-order valence-electron chi connectivity index (χ1n) is 5.22. The average Bonchev–Trinajstić information content (AvgIpc) is 2.28. The molecule has 0 radical (unpaired) electrons. The minimum Gasteiger partial charge on any atom is -0.390 e. The molecular weight excluding hydrogens is 160 g/mol. The van der Waals surface area contributed by atoms with Gasteiger partial charge in [-0.1, -0.05) is 18.1 Å². The van der Waals surface area contributed by atoms with Crippen LogP contribution in [0.15, 0.2) is 11.1 Å². The molecule has 76 valence electrons. The van der Waals surface area contributed by atoms with Crippen LogP contribution in [0.3, 0.4) is 0 Å². The van der Waals surface area contributed by atoms with E-state index in [-0.39, 0.29) is 0 Å². The molecule has 1 nitrogen and oxygen atoms in total. The minimum absolute atomic E-state index is 0.373. The van der Waals surface area contributed by atoms with E-state index in [0.717, 1.165) is 0 Å². The van der Waals surface area contributed by atoms with Gasteiger partial charge in [-0.15, -0.1) is 0 Å². The van der Waals surface area contributed by atoms with Gasteiger partial charge in [0.1, 0.15) is 0 Å². The largest absolute Gasteiger partial charge is 0.390 e. The van der Waals surface area contributed by atoms with Crippen molar-refractivity contribution in [2.75, 3.05) is 0 Å². The fourth-order valence-electron chi connectivity index (χ4n) is 2.73. The Morgan fingerprint density at radius 3 is 2.23 bits per heavy atom. The van der Waals surface area contributed by atoms with Gasteiger partial charge in [0.25, 0.3) is 0 Å². The fraction of sp³-hybridized carbons (Fsp3) is 0.833. The maximum Gasteiger partial charge on any atom is 0.0659 e. The fourth-order valence-corrected chi connectivity index (χ4v) is 2.73. The Bertz CT molecular complexity index is 216. The monoisotopic (exact) mass is 182 g/mol. The second kappa shape index (κ2) is 3.45. The van der Waals surface area contributed by atoms with E-state index in [1.165, 1.54) is 24.0 Å². The molecule has 0 heterocycles. The van der Waals surface area contributed by atoms with E-state index in [2.05, 4.69) is 20.8 Å². The standard InChI is InChI=1S/C12H22O/c1-8(2)10-7-6-9(3)11(10)12(4,5)13/h9,11,13H,6-7H2,1-5H3. The van der Waals surface area contributed by atoms with Crippen molar-refractivity contribution < 1.29 is 5.11 Å². The van der Waals surface area contributed by atoms with Gasteiger partial charge in [-0.25, -0.2) is 0 Å². The summed E-state index contributed by atoms with van der Waals surface area (Å²) in [5.41, 5.74) is 2.33. The molecule has 0 saturated heterocycles. The molecule has 1 aliphatic carbocycles. The zero-order valence-electron chi connectivity index (χ0n) is 9.52. The lowest BCUT2D eigenvalue weighted by Gasteiger charge is -2.31. The van der Waals surface area contributed by atoms with Crippen LogP contribution >= 0.6 is 0 Å². The highest BCUT2D eigenvalue weighted by Crippen LogP contribution is 2.43. The van der Waals surface area contributed by atoms with E-state index in [0.29, 0.717) is 11.8 Å². The summed E-state index contributed by atoms with van der Waals surface area (Å²) < 4.78 is 0. The number of allylic oxidation sites excluding steroid dienone is 1. The van der Waals surface area contributed by atoms with Crippen LogP contribution in [0.1, 0.15) is 47.5 Å². The van der Waals surface area contributed by atoms with Crippen LogP contribution in [-0.4, -0.2) is 10.7 Å². The molecule has 0 amide bonds. The van der Waals surface area contributed by atoms with Crippen LogP contribution in [0.25, 0.3) is 0 Å². The lowest BCUT2D eigenvalue weighted by atomic mass is 9.80. The van der Waals surface area contributed by atoms with Crippen LogP contribution in [0.4, 0.5) is 0 Å². The summed E-state index contributed by atoms with van der Waals surface area (Å²) in [5, 5.41) is 10.1. The normalized spacial score (nSPS) is 29.5. The van der Waals surface area contributed by atoms with Crippen molar-refractivity contribution in [3.8, 4) is 0 Å². The highest BCUT2D eigenvalue weighted by Gasteiger charge is 2.38. The summed E-state index contributed by atoms with van der Waals surface area (Å²) >= 11 is 0. The molecule has 1 N–H and O–H groups in total. The van der Waals surface area contributed by atoms with Crippen molar-refractivity contribution in [3.05, 3.63) is 11.1 Å². The third-order valence-corrected chi connectivity index (χ3v) is 3.22. The van der Waals surface area contributed by atoms with Crippen LogP contribution in [0, 0.1) is 11.8 Å². The van der Waals surface area contributed by atoms with E-state index in [4.69, 9.17) is 0 Å². The molecule has 1 heteroatoms. The molecule has 0 aliphatic heterocycles. The van der Waals surface area contributed by atoms with Crippen molar-refractivity contribution in [1.29, 1.82) is 0 Å². The van der Waals surface area contributed by atoms with Crippen molar-refractivity contribution in [2.24, 2.45) is 11.8 Å². The molecule has 2 atom stereocenters. The van der Waals surface area contributed by atoms with Gasteiger partial charge in [0.2, 0.25) is 0 Å². The Hall–Kier alpha value is -0.300. The zero-order chi connectivity index (χ0) is 10.2. The Balaban J connectivity index is 2.98. The Morgan fingerprint density at radius 1 is 1.38 bits per heavy atom. The van der Waals surface area contributed by atoms with E-state index in [9.17, 15) is 5.11 Å². The molecule has 1 rings (SSSR count). The Kier molecular flexibility index (Phi) is 2.86. The van der Waals surface area contributed by atoms with E-state index in [1.54, 1.807) is 0 Å². The zero-order valence-corrected chi connectivity index (χ0v) is 9.52. The van der Waals surface area contributed by atoms with Crippen LogP contribution in [0.5, 0.6) is 0 Å². The maximum absolute atomic E-state index is 10.1. The number of aliphatic hydroxyl groups is 1. The van der Waals surface area contributed by atoms with Gasteiger partial charge < -0.3 is 5.11 Å². The van der Waals surface area contributed by atoms with E-state index < -0.39 is 5.60 Å². The van der Waals surface area contributed by atoms with Gasteiger partial charge in [-0.3, -0.25) is 0 Å². The number of hydrogen-bond donors (Lipinski definition) is 1. The first kappa shape index (κ1) is 10.8. The third kappa shape index (κ3) is 2.14. The number of hydrogen-bond acceptors (Lipinski definition) is 1. The lowest BCUT2D eigenvalue weighted by Crippen LogP contribution is -2.33. The van der Waals surface area contributed by atoms with Gasteiger partial charge in [0.05, 0.1) is 5.60 Å². The molecule has 0 spiro atoms. The predicted molar refractivity (Wildman–Crippen MR) is 56.6 cm³/mol. The molecule has 1 aliphatic rings. The summed E-state index contributed by atoms with van der Waals surface area (Å²) in [5.74, 6) is 1.00. The third-order valence-electron chi connectivity index (χ3n) is 3.22. The van der Waals surface area contributed by atoms with Crippen LogP contribution in [-0.2, 0) is 0 Å². The summed E-state index contributed by atoms with van der Waals surface area (Å²) in [7, 11) is 0. The second-order valence-electron chi connectivity index (χ2n) is 5.17. The summed E-state index contributed by atoms with van der Waals surface area (Å²) in [6, 6.07) is 0. The summed E-state index contributed by atoms with van der Waals surface area (Å²) in [4.78, 5) is 0. The van der Waals surface area contributed by atoms with E-state index >= 15 is 0 Å². The van der Waals surface area contributed by atoms with Gasteiger partial charge >= 0.3 is 0 Å². The van der Waals surface area contributed by atoms with Crippen molar-refractivity contribution >= 4 is 0 Å². The Labute approximate surface area is 81.9 Å². The Morgan fingerprint density at radius 2 is 1.92 bits per heavy atom. The molecular formula is C12H22O. The molecule has 2 unspecified atom stereocenters. The first-order valence-corrected chi connectivity index (χ1v) is 5.22. The quantitative estimate of drug-likeness (QED) is 0.618. The lowest BCUT2D eigenvalue weighted by molar-refractivity contribution is 0.0183. The molecule has 0 aromatic heterocycles. The van der Waals surface area contributed by atoms with Gasteiger partial charge in [-0.2, -0.15) is 0 Å². The predicted octanol–water partition coefficient (Wildman–Crippen LogP) is 3.14. The highest BCUT2D eigenvalue weighted by molar-refractivity contribution is 5.21. The second-order valence-corrected chi connectivity index (χ2v) is 5.17. The summed E-state index contributed by atoms with van der Waals surface area (Å²) in [6.45, 7) is 10.4. The van der Waals surface area contributed by atoms with Gasteiger partial charge in [0, 0.05) is 5.92 Å². The molecule has 0 aromatic rings.